The van der Waals surface area contributed by atoms with E-state index < -0.39 is 0 Å². The molecule has 2 saturated heterocycles. The van der Waals surface area contributed by atoms with Crippen molar-refractivity contribution >= 4 is 21.7 Å². The van der Waals surface area contributed by atoms with Crippen molar-refractivity contribution in [1.82, 2.24) is 15.3 Å². The van der Waals surface area contributed by atoms with Crippen LogP contribution in [0.25, 0.3) is 0 Å². The largest absolute Gasteiger partial charge is 0.355 e. The Morgan fingerprint density at radius 1 is 1.38 bits per heavy atom. The first-order valence-corrected chi connectivity index (χ1v) is 6.24. The molecule has 0 saturated carbocycles. The van der Waals surface area contributed by atoms with Gasteiger partial charge >= 0.3 is 0 Å². The molecule has 2 aliphatic rings. The first-order valence-electron chi connectivity index (χ1n) is 5.44. The molecular formula is C10H13BrN4O. The van der Waals surface area contributed by atoms with E-state index in [2.05, 4.69) is 36.1 Å². The number of nitrogens with one attached hydrogen (secondary N) is 2. The van der Waals surface area contributed by atoms with Crippen molar-refractivity contribution < 1.29 is 0 Å². The molecule has 5 nitrogen and oxygen atoms in total. The minimum atomic E-state index is -0.111. The Kier molecular flexibility index (Phi) is 2.48. The van der Waals surface area contributed by atoms with Crippen molar-refractivity contribution in [3.05, 3.63) is 21.2 Å². The van der Waals surface area contributed by atoms with Gasteiger partial charge in [-0.2, -0.15) is 0 Å². The van der Waals surface area contributed by atoms with Gasteiger partial charge < -0.3 is 15.2 Å². The fourth-order valence-corrected chi connectivity index (χ4v) is 3.09. The van der Waals surface area contributed by atoms with Gasteiger partial charge in [-0.1, -0.05) is 0 Å². The molecule has 6 heteroatoms. The lowest BCUT2D eigenvalue weighted by molar-refractivity contribution is 0.533. The van der Waals surface area contributed by atoms with Crippen molar-refractivity contribution in [3.63, 3.8) is 0 Å². The van der Waals surface area contributed by atoms with E-state index in [9.17, 15) is 4.79 Å². The van der Waals surface area contributed by atoms with Crippen molar-refractivity contribution in [2.45, 2.75) is 0 Å². The molecule has 16 heavy (non-hydrogen) atoms. The fraction of sp³-hybridized carbons (Fsp3) is 0.600. The van der Waals surface area contributed by atoms with Crippen LogP contribution in [0.15, 0.2) is 15.6 Å². The maximum absolute atomic E-state index is 11.5. The highest BCUT2D eigenvalue weighted by Crippen LogP contribution is 2.31. The molecule has 1 aromatic heterocycles. The first kappa shape index (κ1) is 10.3. The average Bonchev–Trinajstić information content (AvgIpc) is 2.81. The van der Waals surface area contributed by atoms with Gasteiger partial charge in [0, 0.05) is 26.2 Å². The Morgan fingerprint density at radius 3 is 2.75 bits per heavy atom. The van der Waals surface area contributed by atoms with Gasteiger partial charge in [0.1, 0.15) is 10.3 Å². The predicted molar refractivity (Wildman–Crippen MR) is 64.6 cm³/mol. The van der Waals surface area contributed by atoms with E-state index in [1.807, 2.05) is 0 Å². The topological polar surface area (TPSA) is 61.0 Å². The first-order chi connectivity index (χ1) is 7.75. The zero-order chi connectivity index (χ0) is 11.1. The van der Waals surface area contributed by atoms with Gasteiger partial charge in [-0.25, -0.2) is 4.98 Å². The van der Waals surface area contributed by atoms with Crippen molar-refractivity contribution in [1.29, 1.82) is 0 Å². The van der Waals surface area contributed by atoms with Crippen LogP contribution in [0.4, 0.5) is 5.82 Å². The summed E-state index contributed by atoms with van der Waals surface area (Å²) < 4.78 is 0.544. The van der Waals surface area contributed by atoms with Gasteiger partial charge in [-0.05, 0) is 27.8 Å². The summed E-state index contributed by atoms with van der Waals surface area (Å²) in [5.74, 6) is 2.18. The second kappa shape index (κ2) is 3.85. The molecule has 86 valence electrons. The summed E-state index contributed by atoms with van der Waals surface area (Å²) in [6, 6.07) is 0. The lowest BCUT2D eigenvalue weighted by atomic mass is 10.0. The van der Waals surface area contributed by atoms with E-state index in [1.54, 1.807) is 0 Å². The number of fused-ring (bicyclic) bond motifs is 1. The summed E-state index contributed by atoms with van der Waals surface area (Å²) in [6.45, 7) is 4.16. The summed E-state index contributed by atoms with van der Waals surface area (Å²) in [5, 5.41) is 3.40. The number of aromatic amines is 1. The van der Waals surface area contributed by atoms with E-state index in [1.165, 1.54) is 6.33 Å². The zero-order valence-electron chi connectivity index (χ0n) is 8.74. The Labute approximate surface area is 101 Å². The maximum atomic E-state index is 11.5. The molecule has 0 aromatic carbocycles. The van der Waals surface area contributed by atoms with Crippen molar-refractivity contribution in [2.24, 2.45) is 11.8 Å². The van der Waals surface area contributed by atoms with Crippen LogP contribution in [0.2, 0.25) is 0 Å². The fourth-order valence-electron chi connectivity index (χ4n) is 2.62. The second-order valence-electron chi connectivity index (χ2n) is 4.45. The molecule has 1 aromatic rings. The van der Waals surface area contributed by atoms with E-state index in [0.717, 1.165) is 32.0 Å². The molecular weight excluding hydrogens is 272 g/mol. The van der Waals surface area contributed by atoms with Gasteiger partial charge in [-0.3, -0.25) is 4.79 Å². The van der Waals surface area contributed by atoms with Crippen LogP contribution in [0.5, 0.6) is 0 Å². The molecule has 0 unspecified atom stereocenters. The average molecular weight is 285 g/mol. The maximum Gasteiger partial charge on any atom is 0.267 e. The summed E-state index contributed by atoms with van der Waals surface area (Å²) >= 11 is 3.31. The van der Waals surface area contributed by atoms with Gasteiger partial charge in [0.15, 0.2) is 0 Å². The lowest BCUT2D eigenvalue weighted by Crippen LogP contribution is -2.28. The molecule has 2 aliphatic heterocycles. The Hall–Kier alpha value is -0.880. The van der Waals surface area contributed by atoms with Crippen LogP contribution in [0.1, 0.15) is 0 Å². The number of hydrogen-bond donors (Lipinski definition) is 2. The van der Waals surface area contributed by atoms with Crippen molar-refractivity contribution in [3.8, 4) is 0 Å². The minimum Gasteiger partial charge on any atom is -0.355 e. The molecule has 0 bridgehead atoms. The standard InChI is InChI=1S/C10H13BrN4O/c11-8-9(13-5-14-10(8)16)15-3-6-1-12-2-7(6)4-15/h5-7,12H,1-4H2,(H,13,14,16)/t6-,7+. The minimum absolute atomic E-state index is 0.111. The van der Waals surface area contributed by atoms with Crippen LogP contribution >= 0.6 is 15.9 Å². The molecule has 2 fully saturated rings. The smallest absolute Gasteiger partial charge is 0.267 e. The van der Waals surface area contributed by atoms with Crippen molar-refractivity contribution in [2.75, 3.05) is 31.1 Å². The van der Waals surface area contributed by atoms with E-state index in [0.29, 0.717) is 16.3 Å². The predicted octanol–water partition coefficient (Wildman–Crippen LogP) is 0.188. The van der Waals surface area contributed by atoms with Crippen LogP contribution in [0.3, 0.4) is 0 Å². The summed E-state index contributed by atoms with van der Waals surface area (Å²) in [7, 11) is 0. The van der Waals surface area contributed by atoms with Crippen LogP contribution in [-0.2, 0) is 0 Å². The number of rotatable bonds is 1. The third-order valence-electron chi connectivity index (χ3n) is 3.47. The molecule has 0 aliphatic carbocycles. The molecule has 2 N–H and O–H groups in total. The molecule has 0 radical (unpaired) electrons. The summed E-state index contributed by atoms with van der Waals surface area (Å²) in [5.41, 5.74) is -0.111. The number of nitrogens with zero attached hydrogens (tertiary/aromatic N) is 2. The van der Waals surface area contributed by atoms with E-state index in [4.69, 9.17) is 0 Å². The van der Waals surface area contributed by atoms with Gasteiger partial charge in [0.2, 0.25) is 0 Å². The molecule has 0 amide bonds. The molecule has 2 atom stereocenters. The Bertz CT molecular complexity index is 448. The highest BCUT2D eigenvalue weighted by atomic mass is 79.9. The van der Waals surface area contributed by atoms with Crippen LogP contribution in [0, 0.1) is 11.8 Å². The SMILES string of the molecule is O=c1[nH]cnc(N2C[C@H]3CNC[C@H]3C2)c1Br. The van der Waals surface area contributed by atoms with E-state index in [-0.39, 0.29) is 5.56 Å². The lowest BCUT2D eigenvalue weighted by Gasteiger charge is -2.18. The monoisotopic (exact) mass is 284 g/mol. The summed E-state index contributed by atoms with van der Waals surface area (Å²) in [4.78, 5) is 20.5. The summed E-state index contributed by atoms with van der Waals surface area (Å²) in [6.07, 6.45) is 1.47. The van der Waals surface area contributed by atoms with Gasteiger partial charge in [-0.15, -0.1) is 0 Å². The highest BCUT2D eigenvalue weighted by molar-refractivity contribution is 9.10. The molecule has 0 spiro atoms. The highest BCUT2D eigenvalue weighted by Gasteiger charge is 2.37. The zero-order valence-corrected chi connectivity index (χ0v) is 10.3. The van der Waals surface area contributed by atoms with Gasteiger partial charge in [0.25, 0.3) is 5.56 Å². The third kappa shape index (κ3) is 1.56. The number of halogens is 1. The number of H-pyrrole nitrogens is 1. The third-order valence-corrected chi connectivity index (χ3v) is 4.18. The number of hydrogen-bond acceptors (Lipinski definition) is 4. The van der Waals surface area contributed by atoms with Crippen LogP contribution in [-0.4, -0.2) is 36.1 Å². The Morgan fingerprint density at radius 2 is 2.06 bits per heavy atom. The Balaban J connectivity index is 1.89. The number of anilines is 1. The number of aromatic nitrogens is 2. The quantitative estimate of drug-likeness (QED) is 0.773. The second-order valence-corrected chi connectivity index (χ2v) is 5.25. The molecule has 3 heterocycles. The van der Waals surface area contributed by atoms with Crippen LogP contribution < -0.4 is 15.8 Å². The van der Waals surface area contributed by atoms with E-state index >= 15 is 0 Å². The normalized spacial score (nSPS) is 28.4. The van der Waals surface area contributed by atoms with Gasteiger partial charge in [0.05, 0.1) is 6.33 Å². The molecule has 3 rings (SSSR count).